The summed E-state index contributed by atoms with van der Waals surface area (Å²) in [6, 6.07) is 6.95. The number of amides is 1. The third-order valence-corrected chi connectivity index (χ3v) is 4.01. The van der Waals surface area contributed by atoms with Gasteiger partial charge in [0.2, 0.25) is 5.91 Å². The molecule has 0 aliphatic rings. The van der Waals surface area contributed by atoms with Gasteiger partial charge in [0, 0.05) is 28.4 Å². The monoisotopic (exact) mass is 337 g/mol. The summed E-state index contributed by atoms with van der Waals surface area (Å²) in [4.78, 5) is 16.9. The fourth-order valence-electron chi connectivity index (χ4n) is 1.83. The molecule has 0 bridgehead atoms. The Hall–Kier alpha value is -1.82. The first kappa shape index (κ1) is 14.1. The van der Waals surface area contributed by atoms with E-state index in [0.29, 0.717) is 21.6 Å². The zero-order valence-corrected chi connectivity index (χ0v) is 12.9. The molecule has 0 spiro atoms. The Labute approximate surface area is 134 Å². The van der Waals surface area contributed by atoms with Crippen molar-refractivity contribution >= 4 is 57.2 Å². The predicted molar refractivity (Wildman–Crippen MR) is 87.2 cm³/mol. The van der Waals surface area contributed by atoms with Crippen molar-refractivity contribution in [3.63, 3.8) is 0 Å². The molecule has 0 radical (unpaired) electrons. The molecule has 1 aromatic carbocycles. The van der Waals surface area contributed by atoms with E-state index in [1.165, 1.54) is 17.4 Å². The third kappa shape index (κ3) is 3.10. The standard InChI is InChI=1S/C14H9Cl2N3OS/c15-9-2-1-3-10(8-9)17-12(20)5-4-11-13(16)18-14-19(11)6-7-21-14/h1-8H,(H,17,20)/b5-4+. The molecule has 1 amide bonds. The summed E-state index contributed by atoms with van der Waals surface area (Å²) in [5.41, 5.74) is 1.31. The van der Waals surface area contributed by atoms with Crippen molar-refractivity contribution in [2.45, 2.75) is 0 Å². The van der Waals surface area contributed by atoms with E-state index in [2.05, 4.69) is 10.3 Å². The van der Waals surface area contributed by atoms with Crippen molar-refractivity contribution in [3.8, 4) is 0 Å². The van der Waals surface area contributed by atoms with Gasteiger partial charge in [-0.1, -0.05) is 29.3 Å². The number of hydrogen-bond donors (Lipinski definition) is 1. The van der Waals surface area contributed by atoms with Crippen LogP contribution in [0.5, 0.6) is 0 Å². The van der Waals surface area contributed by atoms with E-state index in [0.717, 1.165) is 4.96 Å². The zero-order valence-electron chi connectivity index (χ0n) is 10.6. The van der Waals surface area contributed by atoms with E-state index in [9.17, 15) is 4.79 Å². The fourth-order valence-corrected chi connectivity index (χ4v) is 3.03. The van der Waals surface area contributed by atoms with E-state index >= 15 is 0 Å². The Morgan fingerprint density at radius 2 is 2.24 bits per heavy atom. The maximum absolute atomic E-state index is 11.9. The number of nitrogens with zero attached hydrogens (tertiary/aromatic N) is 2. The first-order valence-electron chi connectivity index (χ1n) is 5.99. The van der Waals surface area contributed by atoms with Crippen LogP contribution < -0.4 is 5.32 Å². The lowest BCUT2D eigenvalue weighted by Gasteiger charge is -2.01. The van der Waals surface area contributed by atoms with Crippen molar-refractivity contribution in [3.05, 3.63) is 57.8 Å². The van der Waals surface area contributed by atoms with Crippen LogP contribution >= 0.6 is 34.5 Å². The van der Waals surface area contributed by atoms with Gasteiger partial charge in [0.05, 0.1) is 5.69 Å². The number of nitrogens with one attached hydrogen (secondary N) is 1. The predicted octanol–water partition coefficient (Wildman–Crippen LogP) is 4.35. The van der Waals surface area contributed by atoms with Gasteiger partial charge in [-0.3, -0.25) is 9.20 Å². The van der Waals surface area contributed by atoms with Crippen LogP contribution in [0.4, 0.5) is 5.69 Å². The number of fused-ring (bicyclic) bond motifs is 1. The summed E-state index contributed by atoms with van der Waals surface area (Å²) >= 11 is 13.4. The molecule has 0 saturated carbocycles. The Kier molecular flexibility index (Phi) is 3.96. The molecule has 0 unspecified atom stereocenters. The molecule has 2 heterocycles. The molecule has 3 rings (SSSR count). The average Bonchev–Trinajstić information content (AvgIpc) is 2.97. The molecule has 4 nitrogen and oxygen atoms in total. The Bertz CT molecular complexity index is 838. The molecule has 106 valence electrons. The molecule has 0 fully saturated rings. The summed E-state index contributed by atoms with van der Waals surface area (Å²) in [7, 11) is 0. The van der Waals surface area contributed by atoms with Crippen molar-refractivity contribution in [1.29, 1.82) is 0 Å². The second-order valence-corrected chi connectivity index (χ2v) is 5.84. The summed E-state index contributed by atoms with van der Waals surface area (Å²) in [6.45, 7) is 0. The Balaban J connectivity index is 1.78. The number of benzene rings is 1. The largest absolute Gasteiger partial charge is 0.322 e. The maximum atomic E-state index is 11.9. The van der Waals surface area contributed by atoms with E-state index in [-0.39, 0.29) is 5.91 Å². The van der Waals surface area contributed by atoms with Gasteiger partial charge in [-0.15, -0.1) is 11.3 Å². The van der Waals surface area contributed by atoms with Crippen LogP contribution in [0.15, 0.2) is 41.9 Å². The third-order valence-electron chi connectivity index (χ3n) is 2.74. The Morgan fingerprint density at radius 1 is 1.38 bits per heavy atom. The van der Waals surface area contributed by atoms with Crippen molar-refractivity contribution in [2.24, 2.45) is 0 Å². The average molecular weight is 338 g/mol. The normalized spacial score (nSPS) is 11.3. The summed E-state index contributed by atoms with van der Waals surface area (Å²) in [6.07, 6.45) is 4.90. The molecule has 7 heteroatoms. The van der Waals surface area contributed by atoms with Crippen molar-refractivity contribution in [2.75, 3.05) is 5.32 Å². The van der Waals surface area contributed by atoms with Crippen LogP contribution in [0.1, 0.15) is 5.69 Å². The second-order valence-electron chi connectivity index (χ2n) is 4.18. The molecule has 1 N–H and O–H groups in total. The number of aromatic nitrogens is 2. The van der Waals surface area contributed by atoms with E-state index in [1.807, 2.05) is 16.0 Å². The van der Waals surface area contributed by atoms with Crippen LogP contribution in [0.2, 0.25) is 10.2 Å². The molecule has 2 aromatic heterocycles. The van der Waals surface area contributed by atoms with Crippen LogP contribution in [0, 0.1) is 0 Å². The topological polar surface area (TPSA) is 46.4 Å². The highest BCUT2D eigenvalue weighted by Gasteiger charge is 2.08. The van der Waals surface area contributed by atoms with Gasteiger partial charge in [0.1, 0.15) is 0 Å². The molecule has 0 aliphatic heterocycles. The number of imidazole rings is 1. The first-order valence-corrected chi connectivity index (χ1v) is 7.63. The Morgan fingerprint density at radius 3 is 3.05 bits per heavy atom. The van der Waals surface area contributed by atoms with Crippen LogP contribution in [0.25, 0.3) is 11.0 Å². The van der Waals surface area contributed by atoms with E-state index < -0.39 is 0 Å². The molecule has 21 heavy (non-hydrogen) atoms. The number of halogens is 2. The first-order chi connectivity index (χ1) is 10.1. The van der Waals surface area contributed by atoms with Gasteiger partial charge < -0.3 is 5.32 Å². The highest BCUT2D eigenvalue weighted by atomic mass is 35.5. The van der Waals surface area contributed by atoms with E-state index in [4.69, 9.17) is 23.2 Å². The second kappa shape index (κ2) is 5.89. The van der Waals surface area contributed by atoms with Crippen LogP contribution in [-0.2, 0) is 4.79 Å². The number of carbonyl (C=O) groups excluding carboxylic acids is 1. The fraction of sp³-hybridized carbons (Fsp3) is 0. The minimum atomic E-state index is -0.265. The molecule has 0 aliphatic carbocycles. The molecular weight excluding hydrogens is 329 g/mol. The van der Waals surface area contributed by atoms with Gasteiger partial charge in [-0.25, -0.2) is 4.98 Å². The zero-order chi connectivity index (χ0) is 14.8. The SMILES string of the molecule is O=C(/C=C/c1c(Cl)nc2sccn12)Nc1cccc(Cl)c1. The number of rotatable bonds is 3. The molecule has 0 atom stereocenters. The van der Waals surface area contributed by atoms with Gasteiger partial charge in [-0.2, -0.15) is 0 Å². The van der Waals surface area contributed by atoms with Gasteiger partial charge >= 0.3 is 0 Å². The van der Waals surface area contributed by atoms with Crippen LogP contribution in [-0.4, -0.2) is 15.3 Å². The summed E-state index contributed by atoms with van der Waals surface area (Å²) < 4.78 is 1.83. The minimum absolute atomic E-state index is 0.265. The van der Waals surface area contributed by atoms with Crippen molar-refractivity contribution < 1.29 is 4.79 Å². The van der Waals surface area contributed by atoms with E-state index in [1.54, 1.807) is 30.3 Å². The molecule has 3 aromatic rings. The lowest BCUT2D eigenvalue weighted by Crippen LogP contribution is -2.07. The lowest BCUT2D eigenvalue weighted by molar-refractivity contribution is -0.111. The quantitative estimate of drug-likeness (QED) is 0.722. The van der Waals surface area contributed by atoms with Crippen LogP contribution in [0.3, 0.4) is 0 Å². The lowest BCUT2D eigenvalue weighted by atomic mass is 10.3. The number of carbonyl (C=O) groups is 1. The number of anilines is 1. The number of hydrogen-bond acceptors (Lipinski definition) is 3. The summed E-state index contributed by atoms with van der Waals surface area (Å²) in [5, 5.41) is 5.57. The minimum Gasteiger partial charge on any atom is -0.322 e. The van der Waals surface area contributed by atoms with Crippen molar-refractivity contribution in [1.82, 2.24) is 9.38 Å². The summed E-state index contributed by atoms with van der Waals surface area (Å²) in [5.74, 6) is -0.265. The maximum Gasteiger partial charge on any atom is 0.248 e. The van der Waals surface area contributed by atoms with Gasteiger partial charge in [0.25, 0.3) is 0 Å². The van der Waals surface area contributed by atoms with Gasteiger partial charge in [-0.05, 0) is 24.3 Å². The molecule has 0 saturated heterocycles. The smallest absolute Gasteiger partial charge is 0.248 e. The van der Waals surface area contributed by atoms with Gasteiger partial charge in [0.15, 0.2) is 10.1 Å². The highest BCUT2D eigenvalue weighted by molar-refractivity contribution is 7.15. The number of thiazole rings is 1. The highest BCUT2D eigenvalue weighted by Crippen LogP contribution is 2.22. The molecular formula is C14H9Cl2N3OS.